The zero-order chi connectivity index (χ0) is 15.9. The summed E-state index contributed by atoms with van der Waals surface area (Å²) >= 11 is 0. The molecule has 0 saturated heterocycles. The van der Waals surface area contributed by atoms with E-state index in [1.54, 1.807) is 32.8 Å². The summed E-state index contributed by atoms with van der Waals surface area (Å²) in [6.07, 6.45) is 0.806. The molecule has 6 nitrogen and oxygen atoms in total. The van der Waals surface area contributed by atoms with Crippen molar-refractivity contribution in [2.24, 2.45) is 0 Å². The Bertz CT molecular complexity index is 331. The molecule has 0 aromatic rings. The topological polar surface area (TPSA) is 70.1 Å². The molecule has 118 valence electrons. The average Bonchev–Trinajstić information content (AvgIpc) is 2.39. The number of carbonyl (C=O) groups excluding carboxylic acids is 1. The molecule has 0 radical (unpaired) electrons. The number of methoxy groups -OCH3 is 1. The predicted octanol–water partition coefficient (Wildman–Crippen LogP) is 2.04. The third-order valence-electron chi connectivity index (χ3n) is 3.65. The Labute approximate surface area is 121 Å². The molecule has 1 atom stereocenters. The van der Waals surface area contributed by atoms with Gasteiger partial charge in [0.05, 0.1) is 6.61 Å². The van der Waals surface area contributed by atoms with E-state index in [-0.39, 0.29) is 12.1 Å². The minimum absolute atomic E-state index is 0.0382. The molecule has 0 aromatic carbocycles. The fourth-order valence-corrected chi connectivity index (χ4v) is 1.95. The first-order valence-corrected chi connectivity index (χ1v) is 7.04. The summed E-state index contributed by atoms with van der Waals surface area (Å²) in [5.41, 5.74) is -1.23. The average molecular weight is 288 g/mol. The van der Waals surface area contributed by atoms with Crippen molar-refractivity contribution in [3.05, 3.63) is 0 Å². The van der Waals surface area contributed by atoms with Crippen molar-refractivity contribution in [3.63, 3.8) is 0 Å². The highest BCUT2D eigenvalue weighted by Crippen LogP contribution is 2.18. The molecule has 0 fully saturated rings. The molecule has 0 aromatic heterocycles. The Morgan fingerprint density at radius 1 is 1.30 bits per heavy atom. The second-order valence-corrected chi connectivity index (χ2v) is 5.33. The molecule has 0 heterocycles. The van der Waals surface area contributed by atoms with Gasteiger partial charge >= 0.3 is 12.0 Å². The van der Waals surface area contributed by atoms with E-state index in [1.165, 1.54) is 4.90 Å². The van der Waals surface area contributed by atoms with Gasteiger partial charge in [0.25, 0.3) is 0 Å². The van der Waals surface area contributed by atoms with Gasteiger partial charge in [0.15, 0.2) is 0 Å². The van der Waals surface area contributed by atoms with Crippen molar-refractivity contribution < 1.29 is 19.4 Å². The number of carboxylic acids is 1. The summed E-state index contributed by atoms with van der Waals surface area (Å²) in [6, 6.07) is -0.220. The number of hydrogen-bond donors (Lipinski definition) is 1. The normalized spacial score (nSPS) is 12.9. The largest absolute Gasteiger partial charge is 0.480 e. The molecule has 1 unspecified atom stereocenters. The maximum atomic E-state index is 12.7. The van der Waals surface area contributed by atoms with E-state index in [4.69, 9.17) is 4.74 Å². The number of amides is 2. The number of nitrogens with zero attached hydrogens (tertiary/aromatic N) is 2. The Hall–Kier alpha value is -1.30. The standard InChI is InChI=1S/C14H28N2O4/c1-7-11(3)15(9-10-20-6)13(19)16(8-2)14(4,5)12(17)18/h11H,7-10H2,1-6H3,(H,17,18). The minimum atomic E-state index is -1.23. The second kappa shape index (κ2) is 8.09. The second-order valence-electron chi connectivity index (χ2n) is 5.33. The molecular weight excluding hydrogens is 260 g/mol. The van der Waals surface area contributed by atoms with E-state index < -0.39 is 11.5 Å². The highest BCUT2D eigenvalue weighted by atomic mass is 16.5. The van der Waals surface area contributed by atoms with Crippen LogP contribution in [0, 0.1) is 0 Å². The lowest BCUT2D eigenvalue weighted by atomic mass is 10.0. The van der Waals surface area contributed by atoms with E-state index >= 15 is 0 Å². The van der Waals surface area contributed by atoms with Gasteiger partial charge in [0.1, 0.15) is 5.54 Å². The van der Waals surface area contributed by atoms with E-state index in [9.17, 15) is 14.7 Å². The van der Waals surface area contributed by atoms with Gasteiger partial charge in [0, 0.05) is 26.2 Å². The maximum absolute atomic E-state index is 12.7. The van der Waals surface area contributed by atoms with Crippen molar-refractivity contribution in [1.82, 2.24) is 9.80 Å². The lowest BCUT2D eigenvalue weighted by Gasteiger charge is -2.40. The Morgan fingerprint density at radius 3 is 2.20 bits per heavy atom. The number of carboxylic acid groups (broad SMARTS) is 1. The third kappa shape index (κ3) is 4.37. The highest BCUT2D eigenvalue weighted by Gasteiger charge is 2.39. The first-order chi connectivity index (χ1) is 9.23. The molecule has 0 rings (SSSR count). The number of ether oxygens (including phenoxy) is 1. The number of likely N-dealkylation sites (N-methyl/N-ethyl adjacent to an activating group) is 1. The van der Waals surface area contributed by atoms with Crippen LogP contribution < -0.4 is 0 Å². The van der Waals surface area contributed by atoms with Crippen molar-refractivity contribution in [3.8, 4) is 0 Å². The van der Waals surface area contributed by atoms with Gasteiger partial charge in [-0.25, -0.2) is 9.59 Å². The lowest BCUT2D eigenvalue weighted by molar-refractivity contribution is -0.147. The number of urea groups is 1. The molecule has 0 bridgehead atoms. The molecule has 2 amide bonds. The van der Waals surface area contributed by atoms with Crippen LogP contribution in [0.25, 0.3) is 0 Å². The third-order valence-corrected chi connectivity index (χ3v) is 3.65. The zero-order valence-corrected chi connectivity index (χ0v) is 13.5. The molecule has 6 heteroatoms. The first-order valence-electron chi connectivity index (χ1n) is 7.04. The van der Waals surface area contributed by atoms with Crippen LogP contribution in [-0.2, 0) is 9.53 Å². The Balaban J connectivity index is 5.23. The zero-order valence-electron chi connectivity index (χ0n) is 13.5. The monoisotopic (exact) mass is 288 g/mol. The van der Waals surface area contributed by atoms with E-state index in [2.05, 4.69) is 0 Å². The van der Waals surface area contributed by atoms with Crippen molar-refractivity contribution in [1.29, 1.82) is 0 Å². The molecule has 0 spiro atoms. The first kappa shape index (κ1) is 18.7. The van der Waals surface area contributed by atoms with Crippen molar-refractivity contribution >= 4 is 12.0 Å². The molecule has 20 heavy (non-hydrogen) atoms. The number of carbonyl (C=O) groups is 2. The summed E-state index contributed by atoms with van der Waals surface area (Å²) in [5, 5.41) is 9.31. The van der Waals surface area contributed by atoms with Gasteiger partial charge in [-0.3, -0.25) is 0 Å². The van der Waals surface area contributed by atoms with Crippen LogP contribution in [0.15, 0.2) is 0 Å². The van der Waals surface area contributed by atoms with Crippen molar-refractivity contribution in [2.75, 3.05) is 26.8 Å². The summed E-state index contributed by atoms with van der Waals surface area (Å²) in [4.78, 5) is 27.1. The van der Waals surface area contributed by atoms with Crippen LogP contribution in [-0.4, -0.2) is 65.3 Å². The van der Waals surface area contributed by atoms with Gasteiger partial charge in [-0.2, -0.15) is 0 Å². The fourth-order valence-electron chi connectivity index (χ4n) is 1.95. The number of hydrogen-bond acceptors (Lipinski definition) is 3. The van der Waals surface area contributed by atoms with Crippen LogP contribution in [0.5, 0.6) is 0 Å². The molecule has 0 aliphatic rings. The molecule has 0 aliphatic carbocycles. The molecule has 0 aliphatic heterocycles. The van der Waals surface area contributed by atoms with E-state index in [0.29, 0.717) is 19.7 Å². The van der Waals surface area contributed by atoms with Gasteiger partial charge in [-0.05, 0) is 34.1 Å². The van der Waals surface area contributed by atoms with E-state index in [0.717, 1.165) is 6.42 Å². The van der Waals surface area contributed by atoms with Crippen LogP contribution in [0.4, 0.5) is 4.79 Å². The summed E-state index contributed by atoms with van der Waals surface area (Å²) in [5.74, 6) is -1.01. The van der Waals surface area contributed by atoms with Gasteiger partial charge in [0.2, 0.25) is 0 Å². The lowest BCUT2D eigenvalue weighted by Crippen LogP contribution is -2.58. The maximum Gasteiger partial charge on any atom is 0.329 e. The Morgan fingerprint density at radius 2 is 1.85 bits per heavy atom. The van der Waals surface area contributed by atoms with Gasteiger partial charge in [-0.15, -0.1) is 0 Å². The fraction of sp³-hybridized carbons (Fsp3) is 0.857. The SMILES string of the molecule is CCC(C)N(CCOC)C(=O)N(CC)C(C)(C)C(=O)O. The van der Waals surface area contributed by atoms with E-state index in [1.807, 2.05) is 13.8 Å². The Kier molecular flexibility index (Phi) is 7.57. The number of aliphatic carboxylic acids is 1. The number of rotatable bonds is 8. The van der Waals surface area contributed by atoms with Crippen LogP contribution >= 0.6 is 0 Å². The minimum Gasteiger partial charge on any atom is -0.480 e. The smallest absolute Gasteiger partial charge is 0.329 e. The van der Waals surface area contributed by atoms with Crippen molar-refractivity contribution in [2.45, 2.75) is 52.6 Å². The van der Waals surface area contributed by atoms with Crippen LogP contribution in [0.1, 0.15) is 41.0 Å². The molecular formula is C14H28N2O4. The van der Waals surface area contributed by atoms with Crippen LogP contribution in [0.3, 0.4) is 0 Å². The quantitative estimate of drug-likeness (QED) is 0.742. The van der Waals surface area contributed by atoms with Crippen LogP contribution in [0.2, 0.25) is 0 Å². The molecule has 0 saturated carbocycles. The summed E-state index contributed by atoms with van der Waals surface area (Å²) in [6.45, 7) is 10.1. The predicted molar refractivity (Wildman–Crippen MR) is 77.8 cm³/mol. The summed E-state index contributed by atoms with van der Waals surface area (Å²) < 4.78 is 5.03. The van der Waals surface area contributed by atoms with Gasteiger partial charge < -0.3 is 19.6 Å². The highest BCUT2D eigenvalue weighted by molar-refractivity contribution is 5.85. The molecule has 1 N–H and O–H groups in total. The van der Waals surface area contributed by atoms with Gasteiger partial charge in [-0.1, -0.05) is 6.92 Å². The summed E-state index contributed by atoms with van der Waals surface area (Å²) in [7, 11) is 1.58.